The summed E-state index contributed by atoms with van der Waals surface area (Å²) in [5.74, 6) is -0.337. The molecular weight excluding hydrogens is 240 g/mol. The highest BCUT2D eigenvalue weighted by molar-refractivity contribution is 8.00. The van der Waals surface area contributed by atoms with Crippen molar-refractivity contribution in [3.05, 3.63) is 11.3 Å². The molecule has 5 nitrogen and oxygen atoms in total. The van der Waals surface area contributed by atoms with Crippen molar-refractivity contribution in [1.29, 1.82) is 0 Å². The molecule has 0 aliphatic carbocycles. The molecule has 0 unspecified atom stereocenters. The number of fused-ring (bicyclic) bond motifs is 1. The van der Waals surface area contributed by atoms with Gasteiger partial charge in [-0.15, -0.1) is 11.8 Å². The van der Waals surface area contributed by atoms with E-state index >= 15 is 0 Å². The van der Waals surface area contributed by atoms with Crippen LogP contribution < -0.4 is 0 Å². The molecule has 17 heavy (non-hydrogen) atoms. The zero-order valence-corrected chi connectivity index (χ0v) is 11.1. The first-order valence-corrected chi connectivity index (χ1v) is 6.54. The number of aliphatic carboxylic acids is 1. The van der Waals surface area contributed by atoms with E-state index < -0.39 is 5.97 Å². The lowest BCUT2D eigenvalue weighted by Crippen LogP contribution is -2.55. The van der Waals surface area contributed by atoms with E-state index in [4.69, 9.17) is 0 Å². The molecule has 2 aliphatic heterocycles. The Bertz CT molecular complexity index is 411. The fourth-order valence-electron chi connectivity index (χ4n) is 2.17. The first-order chi connectivity index (χ1) is 7.79. The van der Waals surface area contributed by atoms with Gasteiger partial charge in [-0.3, -0.25) is 9.69 Å². The monoisotopic (exact) mass is 257 g/mol. The van der Waals surface area contributed by atoms with E-state index in [1.165, 1.54) is 4.90 Å². The van der Waals surface area contributed by atoms with Gasteiger partial charge in [-0.1, -0.05) is 0 Å². The highest BCUT2D eigenvalue weighted by atomic mass is 32.2. The van der Waals surface area contributed by atoms with E-state index in [1.807, 2.05) is 21.1 Å². The molecule has 0 spiro atoms. The Morgan fingerprint density at radius 2 is 2.18 bits per heavy atom. The predicted octanol–water partition coefficient (Wildman–Crippen LogP) is 0.336. The zero-order valence-electron chi connectivity index (χ0n) is 10.3. The molecule has 0 radical (unpaired) electrons. The lowest BCUT2D eigenvalue weighted by molar-refractivity contribution is -0.865. The van der Waals surface area contributed by atoms with Crippen molar-refractivity contribution >= 4 is 23.6 Å². The van der Waals surface area contributed by atoms with Gasteiger partial charge in [0.2, 0.25) is 5.91 Å². The van der Waals surface area contributed by atoms with Crippen LogP contribution in [-0.4, -0.2) is 65.2 Å². The van der Waals surface area contributed by atoms with Gasteiger partial charge < -0.3 is 9.59 Å². The second kappa shape index (κ2) is 4.03. The van der Waals surface area contributed by atoms with E-state index in [-0.39, 0.29) is 17.0 Å². The molecule has 0 bridgehead atoms. The number of carboxylic acid groups (broad SMARTS) is 1. The van der Waals surface area contributed by atoms with Crippen LogP contribution in [0.1, 0.15) is 6.42 Å². The maximum absolute atomic E-state index is 11.5. The summed E-state index contributed by atoms with van der Waals surface area (Å²) < 4.78 is 0.666. The molecule has 1 N–H and O–H groups in total. The maximum atomic E-state index is 11.5. The Hall–Kier alpha value is -1.01. The van der Waals surface area contributed by atoms with E-state index in [1.54, 1.807) is 11.8 Å². The molecule has 94 valence electrons. The van der Waals surface area contributed by atoms with Crippen LogP contribution in [0.15, 0.2) is 11.3 Å². The third-order valence-corrected chi connectivity index (χ3v) is 4.08. The summed E-state index contributed by atoms with van der Waals surface area (Å²) in [6, 6.07) is 0. The van der Waals surface area contributed by atoms with Crippen molar-refractivity contribution in [2.75, 3.05) is 33.4 Å². The maximum Gasteiger partial charge on any atom is 0.352 e. The van der Waals surface area contributed by atoms with Gasteiger partial charge in [-0.25, -0.2) is 4.79 Å². The summed E-state index contributed by atoms with van der Waals surface area (Å²) >= 11 is 1.66. The summed E-state index contributed by atoms with van der Waals surface area (Å²) in [5.41, 5.74) is 1.08. The minimum Gasteiger partial charge on any atom is -0.477 e. The zero-order chi connectivity index (χ0) is 12.8. The van der Waals surface area contributed by atoms with E-state index in [2.05, 4.69) is 0 Å². The number of likely N-dealkylation sites (N-methyl/N-ethyl adjacent to an activating group) is 1. The minimum absolute atomic E-state index is 0.0461. The van der Waals surface area contributed by atoms with Crippen molar-refractivity contribution in [3.63, 3.8) is 0 Å². The molecule has 2 aliphatic rings. The molecule has 1 atom stereocenters. The molecule has 1 amide bonds. The standard InChI is InChI=1S/C11H16N2O3S/c1-13(2,3)5-7-6-17-9-4-8(14)12(9)10(7)11(15)16/h9H,4-6H2,1-3H3/p+1/t9-/m1/s1. The molecule has 0 aromatic heterocycles. The lowest BCUT2D eigenvalue weighted by atomic mass is 10.1. The van der Waals surface area contributed by atoms with Crippen LogP contribution in [0, 0.1) is 0 Å². The number of nitrogens with zero attached hydrogens (tertiary/aromatic N) is 2. The highest BCUT2D eigenvalue weighted by Gasteiger charge is 2.45. The number of carboxylic acids is 1. The number of rotatable bonds is 3. The Balaban J connectivity index is 2.33. The Morgan fingerprint density at radius 3 is 2.65 bits per heavy atom. The summed E-state index contributed by atoms with van der Waals surface area (Å²) in [7, 11) is 6.05. The van der Waals surface area contributed by atoms with Crippen molar-refractivity contribution < 1.29 is 19.2 Å². The smallest absolute Gasteiger partial charge is 0.352 e. The Kier molecular flexibility index (Phi) is 2.95. The second-order valence-corrected chi connectivity index (χ2v) is 6.61. The number of hydrogen-bond acceptors (Lipinski definition) is 3. The van der Waals surface area contributed by atoms with E-state index in [0.717, 1.165) is 5.57 Å². The number of carbonyl (C=O) groups is 2. The number of carbonyl (C=O) groups excluding carboxylic acids is 1. The van der Waals surface area contributed by atoms with E-state index in [0.29, 0.717) is 23.2 Å². The van der Waals surface area contributed by atoms with Crippen molar-refractivity contribution in [2.45, 2.75) is 11.8 Å². The van der Waals surface area contributed by atoms with Crippen LogP contribution >= 0.6 is 11.8 Å². The van der Waals surface area contributed by atoms with Crippen LogP contribution in [0.2, 0.25) is 0 Å². The van der Waals surface area contributed by atoms with Crippen LogP contribution in [0.25, 0.3) is 0 Å². The number of β-lactam (4-membered cyclic amide) rings is 1. The summed E-state index contributed by atoms with van der Waals surface area (Å²) in [5, 5.41) is 9.32. The van der Waals surface area contributed by atoms with Gasteiger partial charge in [0.1, 0.15) is 12.2 Å². The fourth-order valence-corrected chi connectivity index (χ4v) is 3.43. The van der Waals surface area contributed by atoms with Gasteiger partial charge in [0.25, 0.3) is 0 Å². The molecule has 1 fully saturated rings. The summed E-state index contributed by atoms with van der Waals surface area (Å²) in [6.07, 6.45) is 0.471. The van der Waals surface area contributed by atoms with Gasteiger partial charge in [0.15, 0.2) is 0 Å². The van der Waals surface area contributed by atoms with Crippen LogP contribution in [0.3, 0.4) is 0 Å². The second-order valence-electron chi connectivity index (χ2n) is 5.44. The molecule has 0 saturated carbocycles. The average Bonchev–Trinajstić information content (AvgIpc) is 2.15. The van der Waals surface area contributed by atoms with Gasteiger partial charge >= 0.3 is 5.97 Å². The van der Waals surface area contributed by atoms with Crippen LogP contribution in [-0.2, 0) is 9.59 Å². The molecule has 0 aromatic carbocycles. The Labute approximate surface area is 105 Å². The SMILES string of the molecule is C[N+](C)(C)CC1=C(C(=O)O)N2C(=O)C[C@H]2SC1. The van der Waals surface area contributed by atoms with Crippen molar-refractivity contribution in [2.24, 2.45) is 0 Å². The first kappa shape index (κ1) is 12.4. The molecule has 2 rings (SSSR count). The van der Waals surface area contributed by atoms with Crippen LogP contribution in [0.5, 0.6) is 0 Å². The van der Waals surface area contributed by atoms with E-state index in [9.17, 15) is 14.7 Å². The minimum atomic E-state index is -0.980. The summed E-state index contributed by atoms with van der Waals surface area (Å²) in [6.45, 7) is 0.658. The van der Waals surface area contributed by atoms with Crippen LogP contribution in [0.4, 0.5) is 0 Å². The fraction of sp³-hybridized carbons (Fsp3) is 0.636. The molecule has 2 heterocycles. The normalized spacial score (nSPS) is 24.5. The van der Waals surface area contributed by atoms with Gasteiger partial charge in [0.05, 0.1) is 32.9 Å². The first-order valence-electron chi connectivity index (χ1n) is 5.49. The molecule has 0 aromatic rings. The average molecular weight is 257 g/mol. The lowest BCUT2D eigenvalue weighted by Gasteiger charge is -2.44. The third-order valence-electron chi connectivity index (χ3n) is 2.80. The Morgan fingerprint density at radius 1 is 1.53 bits per heavy atom. The van der Waals surface area contributed by atoms with Crippen molar-refractivity contribution in [3.8, 4) is 0 Å². The van der Waals surface area contributed by atoms with Gasteiger partial charge in [-0.2, -0.15) is 0 Å². The number of quaternary nitrogens is 1. The summed E-state index contributed by atoms with van der Waals surface area (Å²) in [4.78, 5) is 24.3. The molecule has 1 saturated heterocycles. The number of hydrogen-bond donors (Lipinski definition) is 1. The van der Waals surface area contributed by atoms with Crippen molar-refractivity contribution in [1.82, 2.24) is 4.90 Å². The quantitative estimate of drug-likeness (QED) is 0.585. The topological polar surface area (TPSA) is 57.6 Å². The largest absolute Gasteiger partial charge is 0.477 e. The molecular formula is C11H17N2O3S+. The van der Waals surface area contributed by atoms with Gasteiger partial charge in [-0.05, 0) is 0 Å². The molecule has 6 heteroatoms. The number of amides is 1. The number of thioether (sulfide) groups is 1. The highest BCUT2D eigenvalue weighted by Crippen LogP contribution is 2.40. The van der Waals surface area contributed by atoms with Gasteiger partial charge in [0, 0.05) is 11.3 Å². The third kappa shape index (κ3) is 2.32. The predicted molar refractivity (Wildman–Crippen MR) is 65.3 cm³/mol.